The third-order valence-corrected chi connectivity index (χ3v) is 8.42. The first-order chi connectivity index (χ1) is 10.6. The molecule has 0 heterocycles. The molecule has 2 nitrogen and oxygen atoms in total. The van der Waals surface area contributed by atoms with Crippen molar-refractivity contribution < 1.29 is 9.90 Å². The van der Waals surface area contributed by atoms with E-state index in [-0.39, 0.29) is 11.5 Å². The molecule has 4 aliphatic carbocycles. The van der Waals surface area contributed by atoms with E-state index in [1.807, 2.05) is 0 Å². The number of hydrogen-bond acceptors (Lipinski definition) is 2. The largest absolute Gasteiger partial charge is 0.393 e. The molecule has 0 aromatic rings. The summed E-state index contributed by atoms with van der Waals surface area (Å²) < 4.78 is 0. The van der Waals surface area contributed by atoms with Crippen LogP contribution in [0.5, 0.6) is 0 Å². The van der Waals surface area contributed by atoms with Crippen molar-refractivity contribution in [3.05, 3.63) is 0 Å². The Morgan fingerprint density at radius 2 is 1.95 bits per heavy atom. The van der Waals surface area contributed by atoms with Gasteiger partial charge in [0, 0.05) is 12.8 Å². The van der Waals surface area contributed by atoms with Gasteiger partial charge in [-0.05, 0) is 85.9 Å². The van der Waals surface area contributed by atoms with Crippen LogP contribution in [0.2, 0.25) is 0 Å². The topological polar surface area (TPSA) is 37.3 Å². The van der Waals surface area contributed by atoms with Crippen LogP contribution in [-0.4, -0.2) is 17.0 Å². The Morgan fingerprint density at radius 3 is 2.73 bits per heavy atom. The molecule has 4 saturated carbocycles. The second-order valence-electron chi connectivity index (χ2n) is 8.99. The molecule has 1 N–H and O–H groups in total. The van der Waals surface area contributed by atoms with Gasteiger partial charge in [-0.15, -0.1) is 0 Å². The number of rotatable bonds is 1. The predicted molar refractivity (Wildman–Crippen MR) is 87.3 cm³/mol. The normalized spacial score (nSPS) is 54.5. The lowest BCUT2D eigenvalue weighted by molar-refractivity contribution is -0.130. The highest BCUT2D eigenvalue weighted by atomic mass is 16.3. The maximum absolute atomic E-state index is 11.8. The lowest BCUT2D eigenvalue weighted by Gasteiger charge is -2.56. The van der Waals surface area contributed by atoms with Gasteiger partial charge in [-0.3, -0.25) is 4.79 Å². The second kappa shape index (κ2) is 5.33. The summed E-state index contributed by atoms with van der Waals surface area (Å²) >= 11 is 0. The molecule has 0 saturated heterocycles. The van der Waals surface area contributed by atoms with Gasteiger partial charge in [0.1, 0.15) is 5.78 Å². The van der Waals surface area contributed by atoms with Crippen molar-refractivity contribution in [2.75, 3.05) is 0 Å². The standard InChI is InChI=1S/C20H32O2/c1-3-20-9-8-16-15-7-5-14(21)11-13(15)4-6-17(16)19(20)12(2)10-18(20)22/h12-13,15-19,22H,3-11H2,1-2H3. The summed E-state index contributed by atoms with van der Waals surface area (Å²) in [6, 6.07) is 0. The van der Waals surface area contributed by atoms with Crippen molar-refractivity contribution in [1.29, 1.82) is 0 Å². The first kappa shape index (κ1) is 15.2. The molecular formula is C20H32O2. The molecule has 4 fully saturated rings. The maximum atomic E-state index is 11.8. The minimum absolute atomic E-state index is 0.0656. The van der Waals surface area contributed by atoms with Crippen molar-refractivity contribution in [3.63, 3.8) is 0 Å². The third kappa shape index (κ3) is 1.98. The highest BCUT2D eigenvalue weighted by Crippen LogP contribution is 2.64. The van der Waals surface area contributed by atoms with E-state index in [2.05, 4.69) is 13.8 Å². The van der Waals surface area contributed by atoms with E-state index in [1.54, 1.807) is 0 Å². The van der Waals surface area contributed by atoms with E-state index in [1.165, 1.54) is 25.7 Å². The van der Waals surface area contributed by atoms with E-state index in [4.69, 9.17) is 0 Å². The summed E-state index contributed by atoms with van der Waals surface area (Å²) in [5, 5.41) is 10.8. The number of carbonyl (C=O) groups is 1. The summed E-state index contributed by atoms with van der Waals surface area (Å²) in [7, 11) is 0. The van der Waals surface area contributed by atoms with Crippen molar-refractivity contribution in [1.82, 2.24) is 0 Å². The number of Topliss-reactive ketones (excluding diaryl/α,β-unsaturated/α-hetero) is 1. The van der Waals surface area contributed by atoms with Crippen molar-refractivity contribution in [2.24, 2.45) is 40.9 Å². The van der Waals surface area contributed by atoms with Gasteiger partial charge in [0.25, 0.3) is 0 Å². The molecule has 0 aromatic carbocycles. The monoisotopic (exact) mass is 304 g/mol. The number of hydrogen-bond donors (Lipinski definition) is 1. The minimum atomic E-state index is -0.0656. The lowest BCUT2D eigenvalue weighted by atomic mass is 9.49. The summed E-state index contributed by atoms with van der Waals surface area (Å²) in [6.45, 7) is 4.70. The fourth-order valence-electron chi connectivity index (χ4n) is 7.59. The average Bonchev–Trinajstić information content (AvgIpc) is 2.78. The van der Waals surface area contributed by atoms with Crippen LogP contribution in [0, 0.1) is 40.9 Å². The predicted octanol–water partition coefficient (Wildman–Crippen LogP) is 4.21. The van der Waals surface area contributed by atoms with Crippen LogP contribution < -0.4 is 0 Å². The highest BCUT2D eigenvalue weighted by molar-refractivity contribution is 5.79. The number of fused-ring (bicyclic) bond motifs is 5. The average molecular weight is 304 g/mol. The summed E-state index contributed by atoms with van der Waals surface area (Å²) in [5.74, 6) is 5.13. The van der Waals surface area contributed by atoms with Crippen LogP contribution in [0.15, 0.2) is 0 Å². The molecule has 0 bridgehead atoms. The highest BCUT2D eigenvalue weighted by Gasteiger charge is 2.60. The van der Waals surface area contributed by atoms with Gasteiger partial charge in [-0.1, -0.05) is 13.8 Å². The van der Waals surface area contributed by atoms with Gasteiger partial charge in [-0.2, -0.15) is 0 Å². The van der Waals surface area contributed by atoms with E-state index < -0.39 is 0 Å². The maximum Gasteiger partial charge on any atom is 0.133 e. The SMILES string of the molecule is CCC12CCC3C4CCC(=O)CC4CCC3C1C(C)CC2O. The smallest absolute Gasteiger partial charge is 0.133 e. The Morgan fingerprint density at radius 1 is 1.14 bits per heavy atom. The number of carbonyl (C=O) groups excluding carboxylic acids is 1. The van der Waals surface area contributed by atoms with Crippen LogP contribution in [0.3, 0.4) is 0 Å². The van der Waals surface area contributed by atoms with Gasteiger partial charge < -0.3 is 5.11 Å². The Kier molecular flexibility index (Phi) is 3.67. The van der Waals surface area contributed by atoms with E-state index in [9.17, 15) is 9.90 Å². The molecule has 22 heavy (non-hydrogen) atoms. The fourth-order valence-corrected chi connectivity index (χ4v) is 7.59. The van der Waals surface area contributed by atoms with Gasteiger partial charge in [0.15, 0.2) is 0 Å². The molecule has 0 aliphatic heterocycles. The summed E-state index contributed by atoms with van der Waals surface area (Å²) in [4.78, 5) is 11.8. The number of aliphatic hydroxyl groups is 1. The van der Waals surface area contributed by atoms with Gasteiger partial charge in [0.2, 0.25) is 0 Å². The Bertz CT molecular complexity index is 459. The van der Waals surface area contributed by atoms with Gasteiger partial charge in [0.05, 0.1) is 6.10 Å². The Balaban J connectivity index is 1.62. The number of ketones is 1. The minimum Gasteiger partial charge on any atom is -0.393 e. The molecule has 8 atom stereocenters. The van der Waals surface area contributed by atoms with E-state index in [0.29, 0.717) is 17.6 Å². The molecule has 8 unspecified atom stereocenters. The van der Waals surface area contributed by atoms with Crippen molar-refractivity contribution in [3.8, 4) is 0 Å². The van der Waals surface area contributed by atoms with Crippen LogP contribution >= 0.6 is 0 Å². The van der Waals surface area contributed by atoms with Gasteiger partial charge >= 0.3 is 0 Å². The molecular weight excluding hydrogens is 272 g/mol. The molecule has 2 heteroatoms. The molecule has 0 spiro atoms. The zero-order valence-electron chi connectivity index (χ0n) is 14.3. The molecule has 0 radical (unpaired) electrons. The Hall–Kier alpha value is -0.370. The molecule has 0 amide bonds. The van der Waals surface area contributed by atoms with Crippen LogP contribution in [0.25, 0.3) is 0 Å². The molecule has 124 valence electrons. The van der Waals surface area contributed by atoms with Crippen LogP contribution in [-0.2, 0) is 4.79 Å². The first-order valence-electron chi connectivity index (χ1n) is 9.76. The lowest BCUT2D eigenvalue weighted by Crippen LogP contribution is -2.51. The number of aliphatic hydroxyl groups excluding tert-OH is 1. The van der Waals surface area contributed by atoms with Crippen molar-refractivity contribution in [2.45, 2.75) is 77.7 Å². The summed E-state index contributed by atoms with van der Waals surface area (Å²) in [5.41, 5.74) is 0.220. The second-order valence-corrected chi connectivity index (χ2v) is 8.99. The zero-order chi connectivity index (χ0) is 15.5. The summed E-state index contributed by atoms with van der Waals surface area (Å²) in [6.07, 6.45) is 10.1. The van der Waals surface area contributed by atoms with E-state index >= 15 is 0 Å². The van der Waals surface area contributed by atoms with Crippen molar-refractivity contribution >= 4 is 5.78 Å². The third-order valence-electron chi connectivity index (χ3n) is 8.42. The molecule has 4 rings (SSSR count). The Labute approximate surface area is 135 Å². The first-order valence-corrected chi connectivity index (χ1v) is 9.76. The van der Waals surface area contributed by atoms with Crippen LogP contribution in [0.4, 0.5) is 0 Å². The quantitative estimate of drug-likeness (QED) is 0.788. The van der Waals surface area contributed by atoms with E-state index in [0.717, 1.165) is 55.8 Å². The fraction of sp³-hybridized carbons (Fsp3) is 0.950. The van der Waals surface area contributed by atoms with Crippen LogP contribution in [0.1, 0.15) is 71.6 Å². The van der Waals surface area contributed by atoms with Gasteiger partial charge in [-0.25, -0.2) is 0 Å². The molecule has 4 aliphatic rings. The zero-order valence-corrected chi connectivity index (χ0v) is 14.3. The molecule has 0 aromatic heterocycles.